The highest BCUT2D eigenvalue weighted by Gasteiger charge is 2.35. The van der Waals surface area contributed by atoms with E-state index in [0.717, 1.165) is 12.0 Å². The van der Waals surface area contributed by atoms with Gasteiger partial charge in [0, 0.05) is 12.8 Å². The average Bonchev–Trinajstić information content (AvgIpc) is 2.95. The summed E-state index contributed by atoms with van der Waals surface area (Å²) in [4.78, 5) is 25.6. The molecule has 1 atom stereocenters. The fourth-order valence-corrected chi connectivity index (χ4v) is 3.65. The zero-order valence-corrected chi connectivity index (χ0v) is 13.6. The van der Waals surface area contributed by atoms with Gasteiger partial charge in [0.05, 0.1) is 6.54 Å². The summed E-state index contributed by atoms with van der Waals surface area (Å²) < 4.78 is 5.36. The Hall–Kier alpha value is -1.84. The minimum Gasteiger partial charge on any atom is -0.444 e. The van der Waals surface area contributed by atoms with Crippen molar-refractivity contribution in [2.24, 2.45) is 5.92 Å². The summed E-state index contributed by atoms with van der Waals surface area (Å²) in [6.45, 7) is 0.386. The minimum atomic E-state index is -0.473. The predicted octanol–water partition coefficient (Wildman–Crippen LogP) is 3.94. The number of rotatable bonds is 5. The molecule has 1 aliphatic heterocycles. The van der Waals surface area contributed by atoms with Crippen LogP contribution in [0.2, 0.25) is 0 Å². The molecule has 0 radical (unpaired) electrons. The molecule has 0 spiro atoms. The first-order valence-electron chi connectivity index (χ1n) is 8.77. The number of cyclic esters (lactones) is 1. The monoisotopic (exact) mass is 315 g/mol. The summed E-state index contributed by atoms with van der Waals surface area (Å²) in [6.07, 6.45) is 7.70. The molecule has 1 heterocycles. The van der Waals surface area contributed by atoms with Gasteiger partial charge in [0.2, 0.25) is 5.91 Å². The molecule has 1 aliphatic carbocycles. The van der Waals surface area contributed by atoms with Gasteiger partial charge in [-0.05, 0) is 17.9 Å². The van der Waals surface area contributed by atoms with Crippen molar-refractivity contribution in [2.75, 3.05) is 6.54 Å². The topological polar surface area (TPSA) is 46.6 Å². The average molecular weight is 315 g/mol. The smallest absolute Gasteiger partial charge is 0.416 e. The van der Waals surface area contributed by atoms with Crippen LogP contribution >= 0.6 is 0 Å². The highest BCUT2D eigenvalue weighted by molar-refractivity contribution is 5.93. The molecule has 3 rings (SSSR count). The van der Waals surface area contributed by atoms with E-state index in [4.69, 9.17) is 4.74 Å². The van der Waals surface area contributed by atoms with Crippen molar-refractivity contribution < 1.29 is 14.3 Å². The largest absolute Gasteiger partial charge is 0.444 e. The number of carbonyl (C=O) groups is 2. The standard InChI is InChI=1S/C19H25NO3/c21-18(12-11-15-7-3-1-4-8-15)20-14-17(23-19(20)22)13-16-9-5-2-6-10-16/h2,5-6,9-10,15,17H,1,3-4,7-8,11-14H2. The highest BCUT2D eigenvalue weighted by Crippen LogP contribution is 2.28. The quantitative estimate of drug-likeness (QED) is 0.827. The Morgan fingerprint density at radius 2 is 1.87 bits per heavy atom. The molecule has 0 N–H and O–H groups in total. The third-order valence-corrected chi connectivity index (χ3v) is 4.97. The number of imide groups is 1. The van der Waals surface area contributed by atoms with Gasteiger partial charge in [0.15, 0.2) is 0 Å². The van der Waals surface area contributed by atoms with Crippen molar-refractivity contribution in [1.29, 1.82) is 0 Å². The fourth-order valence-electron chi connectivity index (χ4n) is 3.65. The zero-order valence-electron chi connectivity index (χ0n) is 13.6. The third-order valence-electron chi connectivity index (χ3n) is 4.97. The van der Waals surface area contributed by atoms with Crippen LogP contribution in [0.15, 0.2) is 30.3 Å². The molecule has 1 saturated carbocycles. The maximum absolute atomic E-state index is 12.3. The summed E-state index contributed by atoms with van der Waals surface area (Å²) in [6, 6.07) is 9.94. The van der Waals surface area contributed by atoms with Gasteiger partial charge in [-0.15, -0.1) is 0 Å². The number of carbonyl (C=O) groups excluding carboxylic acids is 2. The second-order valence-electron chi connectivity index (χ2n) is 6.74. The lowest BCUT2D eigenvalue weighted by Gasteiger charge is -2.21. The summed E-state index contributed by atoms with van der Waals surface area (Å²) in [7, 11) is 0. The van der Waals surface area contributed by atoms with E-state index in [1.165, 1.54) is 37.0 Å². The molecular weight excluding hydrogens is 290 g/mol. The Morgan fingerprint density at radius 1 is 1.13 bits per heavy atom. The lowest BCUT2D eigenvalue weighted by atomic mass is 9.86. The molecule has 1 aromatic carbocycles. The predicted molar refractivity (Wildman–Crippen MR) is 87.9 cm³/mol. The van der Waals surface area contributed by atoms with Crippen LogP contribution in [0.1, 0.15) is 50.5 Å². The van der Waals surface area contributed by atoms with E-state index in [0.29, 0.717) is 25.3 Å². The number of hydrogen-bond acceptors (Lipinski definition) is 3. The Kier molecular flexibility index (Phi) is 5.31. The van der Waals surface area contributed by atoms with Crippen molar-refractivity contribution in [3.8, 4) is 0 Å². The van der Waals surface area contributed by atoms with Crippen LogP contribution in [-0.4, -0.2) is 29.5 Å². The van der Waals surface area contributed by atoms with Crippen molar-refractivity contribution in [3.63, 3.8) is 0 Å². The summed E-state index contributed by atoms with van der Waals surface area (Å²) in [5, 5.41) is 0. The SMILES string of the molecule is O=C(CCC1CCCCC1)N1CC(Cc2ccccc2)OC1=O. The number of amides is 2. The summed E-state index contributed by atoms with van der Waals surface area (Å²) >= 11 is 0. The lowest BCUT2D eigenvalue weighted by molar-refractivity contribution is -0.128. The Balaban J connectivity index is 1.47. The van der Waals surface area contributed by atoms with Gasteiger partial charge in [0.1, 0.15) is 6.10 Å². The molecule has 0 aromatic heterocycles. The van der Waals surface area contributed by atoms with Gasteiger partial charge >= 0.3 is 6.09 Å². The minimum absolute atomic E-state index is 0.0730. The Labute approximate surface area is 137 Å². The first-order valence-corrected chi connectivity index (χ1v) is 8.77. The van der Waals surface area contributed by atoms with Crippen LogP contribution in [0.5, 0.6) is 0 Å². The molecule has 1 aromatic rings. The van der Waals surface area contributed by atoms with Crippen LogP contribution in [0.3, 0.4) is 0 Å². The molecule has 1 unspecified atom stereocenters. The van der Waals surface area contributed by atoms with E-state index in [9.17, 15) is 9.59 Å². The number of hydrogen-bond donors (Lipinski definition) is 0. The highest BCUT2D eigenvalue weighted by atomic mass is 16.6. The van der Waals surface area contributed by atoms with E-state index in [1.807, 2.05) is 30.3 Å². The molecule has 4 heteroatoms. The molecule has 4 nitrogen and oxygen atoms in total. The zero-order chi connectivity index (χ0) is 16.1. The van der Waals surface area contributed by atoms with Crippen molar-refractivity contribution in [3.05, 3.63) is 35.9 Å². The first kappa shape index (κ1) is 16.0. The molecule has 1 saturated heterocycles. The lowest BCUT2D eigenvalue weighted by Crippen LogP contribution is -2.32. The molecule has 2 amide bonds. The molecule has 0 bridgehead atoms. The van der Waals surface area contributed by atoms with E-state index in [-0.39, 0.29) is 12.0 Å². The second kappa shape index (κ2) is 7.62. The van der Waals surface area contributed by atoms with Crippen molar-refractivity contribution in [1.82, 2.24) is 4.90 Å². The van der Waals surface area contributed by atoms with Gasteiger partial charge in [-0.3, -0.25) is 4.79 Å². The summed E-state index contributed by atoms with van der Waals surface area (Å²) in [5.74, 6) is 0.586. The van der Waals surface area contributed by atoms with Gasteiger partial charge < -0.3 is 4.74 Å². The third kappa shape index (κ3) is 4.34. The molecule has 2 aliphatic rings. The molecule has 2 fully saturated rings. The van der Waals surface area contributed by atoms with Gasteiger partial charge in [-0.2, -0.15) is 0 Å². The second-order valence-corrected chi connectivity index (χ2v) is 6.74. The number of ether oxygens (including phenoxy) is 1. The van der Waals surface area contributed by atoms with E-state index >= 15 is 0 Å². The first-order chi connectivity index (χ1) is 11.2. The van der Waals surface area contributed by atoms with Crippen LogP contribution in [-0.2, 0) is 16.0 Å². The van der Waals surface area contributed by atoms with Crippen molar-refractivity contribution >= 4 is 12.0 Å². The fraction of sp³-hybridized carbons (Fsp3) is 0.579. The van der Waals surface area contributed by atoms with E-state index in [2.05, 4.69) is 0 Å². The Morgan fingerprint density at radius 3 is 2.61 bits per heavy atom. The normalized spacial score (nSPS) is 22.2. The van der Waals surface area contributed by atoms with Gasteiger partial charge in [-0.25, -0.2) is 9.69 Å². The number of benzene rings is 1. The maximum atomic E-state index is 12.3. The summed E-state index contributed by atoms with van der Waals surface area (Å²) in [5.41, 5.74) is 1.13. The molecule has 23 heavy (non-hydrogen) atoms. The van der Waals surface area contributed by atoms with Crippen LogP contribution in [0, 0.1) is 5.92 Å². The van der Waals surface area contributed by atoms with Gasteiger partial charge in [-0.1, -0.05) is 62.4 Å². The van der Waals surface area contributed by atoms with E-state index in [1.54, 1.807) is 0 Å². The van der Waals surface area contributed by atoms with Crippen molar-refractivity contribution in [2.45, 2.75) is 57.5 Å². The van der Waals surface area contributed by atoms with Crippen LogP contribution in [0.25, 0.3) is 0 Å². The molecular formula is C19H25NO3. The number of nitrogens with zero attached hydrogens (tertiary/aromatic N) is 1. The van der Waals surface area contributed by atoms with Crippen LogP contribution in [0.4, 0.5) is 4.79 Å². The molecule has 124 valence electrons. The Bertz CT molecular complexity index is 537. The van der Waals surface area contributed by atoms with Gasteiger partial charge in [0.25, 0.3) is 0 Å². The maximum Gasteiger partial charge on any atom is 0.416 e. The van der Waals surface area contributed by atoms with E-state index < -0.39 is 6.09 Å². The van der Waals surface area contributed by atoms with Crippen LogP contribution < -0.4 is 0 Å².